The van der Waals surface area contributed by atoms with Gasteiger partial charge in [0.05, 0.1) is 9.30 Å². The van der Waals surface area contributed by atoms with Crippen LogP contribution < -0.4 is 5.32 Å². The summed E-state index contributed by atoms with van der Waals surface area (Å²) in [7, 11) is 0. The minimum Gasteiger partial charge on any atom is -0.352 e. The summed E-state index contributed by atoms with van der Waals surface area (Å²) >= 11 is 6.82. The maximum Gasteiger partial charge on any atom is 0.251 e. The summed E-state index contributed by atoms with van der Waals surface area (Å²) in [6.45, 7) is 0.688. The maximum atomic E-state index is 13.3. The average Bonchev–Trinajstić information content (AvgIpc) is 2.49. The topological polar surface area (TPSA) is 29.1 Å². The number of halogens is 3. The molecule has 1 amide bonds. The number of alkyl halides is 1. The van der Waals surface area contributed by atoms with Crippen molar-refractivity contribution >= 4 is 37.8 Å². The van der Waals surface area contributed by atoms with Gasteiger partial charge in [-0.15, -0.1) is 0 Å². The number of nitrogens with one attached hydrogen (secondary N) is 1. The second-order valence-electron chi connectivity index (χ2n) is 4.96. The first-order valence-corrected chi connectivity index (χ1v) is 8.27. The van der Waals surface area contributed by atoms with Crippen LogP contribution in [0.4, 0.5) is 4.39 Å². The lowest BCUT2D eigenvalue weighted by molar-refractivity contribution is 0.0946. The van der Waals surface area contributed by atoms with Crippen molar-refractivity contribution in [2.24, 2.45) is 0 Å². The fourth-order valence-corrected chi connectivity index (χ4v) is 3.42. The van der Waals surface area contributed by atoms with Crippen LogP contribution >= 0.6 is 31.9 Å². The smallest absolute Gasteiger partial charge is 0.251 e. The van der Waals surface area contributed by atoms with E-state index >= 15 is 0 Å². The molecule has 0 radical (unpaired) electrons. The Morgan fingerprint density at radius 2 is 1.86 bits per heavy atom. The summed E-state index contributed by atoms with van der Waals surface area (Å²) < 4.78 is 13.8. The summed E-state index contributed by atoms with van der Waals surface area (Å²) in [5.41, 5.74) is 3.70. The predicted molar refractivity (Wildman–Crippen MR) is 87.3 cm³/mol. The number of hydrogen-bond donors (Lipinski definition) is 1. The summed E-state index contributed by atoms with van der Waals surface area (Å²) in [5, 5.41) is 2.85. The van der Waals surface area contributed by atoms with Crippen LogP contribution in [0, 0.1) is 5.82 Å². The van der Waals surface area contributed by atoms with Gasteiger partial charge < -0.3 is 5.32 Å². The van der Waals surface area contributed by atoms with Crippen LogP contribution in [-0.4, -0.2) is 12.5 Å². The lowest BCUT2D eigenvalue weighted by Gasteiger charge is -2.19. The normalized spacial score (nSPS) is 15.3. The number of fused-ring (bicyclic) bond motifs is 1. The van der Waals surface area contributed by atoms with Gasteiger partial charge in [-0.05, 0) is 57.2 Å². The summed E-state index contributed by atoms with van der Waals surface area (Å²) in [6.07, 6.45) is 0.858. The van der Waals surface area contributed by atoms with Gasteiger partial charge in [0.1, 0.15) is 5.82 Å². The predicted octanol–water partition coefficient (Wildman–Crippen LogP) is 4.36. The summed E-state index contributed by atoms with van der Waals surface area (Å²) in [4.78, 5) is 11.8. The highest BCUT2D eigenvalue weighted by Crippen LogP contribution is 2.34. The molecule has 1 aliphatic rings. The highest BCUT2D eigenvalue weighted by molar-refractivity contribution is 9.10. The second kappa shape index (κ2) is 5.89. The largest absolute Gasteiger partial charge is 0.352 e. The average molecular weight is 413 g/mol. The van der Waals surface area contributed by atoms with E-state index in [2.05, 4.69) is 37.2 Å². The monoisotopic (exact) mass is 411 g/mol. The zero-order valence-corrected chi connectivity index (χ0v) is 14.2. The Morgan fingerprint density at radius 3 is 2.62 bits per heavy atom. The fraction of sp³-hybridized carbons (Fsp3) is 0.188. The molecule has 2 aromatic carbocycles. The number of rotatable bonds is 2. The molecule has 0 aromatic heterocycles. The first-order valence-electron chi connectivity index (χ1n) is 6.56. The molecule has 1 aliphatic heterocycles. The van der Waals surface area contributed by atoms with Crippen molar-refractivity contribution in [1.82, 2.24) is 5.32 Å². The molecular formula is C16H12Br2FNO. The van der Waals surface area contributed by atoms with Crippen molar-refractivity contribution < 1.29 is 9.18 Å². The highest BCUT2D eigenvalue weighted by Gasteiger charge is 2.19. The van der Waals surface area contributed by atoms with E-state index in [9.17, 15) is 9.18 Å². The number of hydrogen-bond acceptors (Lipinski definition) is 1. The van der Waals surface area contributed by atoms with Gasteiger partial charge in [0, 0.05) is 12.1 Å². The van der Waals surface area contributed by atoms with E-state index in [0.29, 0.717) is 11.0 Å². The number of carbonyl (C=O) groups is 1. The molecule has 2 aromatic rings. The SMILES string of the molecule is O=C1NCCc2ccc(C(Br)c3ccc(F)c(Br)c3)cc21. The lowest BCUT2D eigenvalue weighted by Crippen LogP contribution is -2.31. The van der Waals surface area contributed by atoms with Crippen molar-refractivity contribution in [3.8, 4) is 0 Å². The first kappa shape index (κ1) is 14.7. The molecule has 21 heavy (non-hydrogen) atoms. The number of carbonyl (C=O) groups excluding carboxylic acids is 1. The van der Waals surface area contributed by atoms with E-state index in [1.807, 2.05) is 18.2 Å². The third kappa shape index (κ3) is 2.90. The molecule has 0 spiro atoms. The Hall–Kier alpha value is -1.20. The first-order chi connectivity index (χ1) is 10.1. The van der Waals surface area contributed by atoms with Gasteiger partial charge in [-0.25, -0.2) is 4.39 Å². The van der Waals surface area contributed by atoms with E-state index in [1.165, 1.54) is 6.07 Å². The molecule has 108 valence electrons. The molecule has 0 fully saturated rings. The Bertz CT molecular complexity index is 717. The van der Waals surface area contributed by atoms with Gasteiger partial charge >= 0.3 is 0 Å². The number of benzene rings is 2. The summed E-state index contributed by atoms with van der Waals surface area (Å²) in [5.74, 6) is -0.318. The van der Waals surface area contributed by atoms with Crippen LogP contribution in [0.2, 0.25) is 0 Å². The molecule has 0 bridgehead atoms. The quantitative estimate of drug-likeness (QED) is 0.729. The van der Waals surface area contributed by atoms with Crippen molar-refractivity contribution in [3.05, 3.63) is 68.9 Å². The van der Waals surface area contributed by atoms with Crippen LogP contribution in [0.3, 0.4) is 0 Å². The van der Waals surface area contributed by atoms with E-state index in [1.54, 1.807) is 12.1 Å². The summed E-state index contributed by atoms with van der Waals surface area (Å²) in [6, 6.07) is 10.8. The van der Waals surface area contributed by atoms with E-state index in [0.717, 1.165) is 28.7 Å². The van der Waals surface area contributed by atoms with Crippen LogP contribution in [-0.2, 0) is 6.42 Å². The van der Waals surface area contributed by atoms with Crippen molar-refractivity contribution in [3.63, 3.8) is 0 Å². The molecule has 0 saturated carbocycles. The van der Waals surface area contributed by atoms with E-state index in [-0.39, 0.29) is 16.6 Å². The molecular weight excluding hydrogens is 401 g/mol. The minimum atomic E-state index is -0.289. The molecule has 2 nitrogen and oxygen atoms in total. The van der Waals surface area contributed by atoms with Gasteiger partial charge in [0.25, 0.3) is 5.91 Å². The zero-order valence-electron chi connectivity index (χ0n) is 11.0. The van der Waals surface area contributed by atoms with Crippen LogP contribution in [0.15, 0.2) is 40.9 Å². The standard InChI is InChI=1S/C16H12Br2FNO/c17-13-8-11(3-4-14(13)19)15(18)10-2-1-9-5-6-20-16(21)12(9)7-10/h1-4,7-8,15H,5-6H2,(H,20,21). The fourth-order valence-electron chi connectivity index (χ4n) is 2.45. The maximum absolute atomic E-state index is 13.3. The van der Waals surface area contributed by atoms with Crippen molar-refractivity contribution in [1.29, 1.82) is 0 Å². The molecule has 5 heteroatoms. The van der Waals surface area contributed by atoms with Gasteiger partial charge in [0.2, 0.25) is 0 Å². The van der Waals surface area contributed by atoms with E-state index < -0.39 is 0 Å². The Labute approximate surface area is 139 Å². The second-order valence-corrected chi connectivity index (χ2v) is 6.73. The van der Waals surface area contributed by atoms with Crippen molar-refractivity contribution in [2.75, 3.05) is 6.54 Å². The third-order valence-corrected chi connectivity index (χ3v) is 5.25. The lowest BCUT2D eigenvalue weighted by atomic mass is 9.95. The number of amides is 1. The molecule has 3 rings (SSSR count). The zero-order chi connectivity index (χ0) is 15.0. The van der Waals surface area contributed by atoms with Gasteiger partial charge in [-0.2, -0.15) is 0 Å². The molecule has 0 saturated heterocycles. The Kier molecular flexibility index (Phi) is 4.13. The van der Waals surface area contributed by atoms with Crippen LogP contribution in [0.25, 0.3) is 0 Å². The molecule has 1 heterocycles. The van der Waals surface area contributed by atoms with Gasteiger partial charge in [0.15, 0.2) is 0 Å². The van der Waals surface area contributed by atoms with Gasteiger partial charge in [-0.3, -0.25) is 4.79 Å². The molecule has 1 atom stereocenters. The van der Waals surface area contributed by atoms with E-state index in [4.69, 9.17) is 0 Å². The van der Waals surface area contributed by atoms with Crippen LogP contribution in [0.5, 0.6) is 0 Å². The molecule has 0 aliphatic carbocycles. The molecule has 1 unspecified atom stereocenters. The van der Waals surface area contributed by atoms with Crippen LogP contribution in [0.1, 0.15) is 31.9 Å². The Morgan fingerprint density at radius 1 is 1.14 bits per heavy atom. The molecule has 1 N–H and O–H groups in total. The Balaban J connectivity index is 1.98. The van der Waals surface area contributed by atoms with Crippen molar-refractivity contribution in [2.45, 2.75) is 11.2 Å². The highest BCUT2D eigenvalue weighted by atomic mass is 79.9. The minimum absolute atomic E-state index is 0.0295. The third-order valence-electron chi connectivity index (χ3n) is 3.59. The van der Waals surface area contributed by atoms with Gasteiger partial charge in [-0.1, -0.05) is 34.1 Å².